The highest BCUT2D eigenvalue weighted by Crippen LogP contribution is 2.27. The molecule has 1 saturated heterocycles. The molecule has 2 heterocycles. The number of alkyl halides is 3. The fourth-order valence-corrected chi connectivity index (χ4v) is 5.20. The lowest BCUT2D eigenvalue weighted by Gasteiger charge is -2.33. The van der Waals surface area contributed by atoms with Crippen LogP contribution in [0.2, 0.25) is 0 Å². The standard InChI is InChI=1S/C32H47F3N4O4/c1-3-4-5-6-7-8-9-10-21-42-31-37-29(36-19-17-26-13-15-28(16-14-26)43-32(33,34)35)23-30(38-31)39-20-11-12-27(24-39)18-22-41-25(2)40/h13-16,23,27H,3-12,17-22,24H2,1-2H3,(H,36,37,38). The fourth-order valence-electron chi connectivity index (χ4n) is 5.20. The molecule has 1 N–H and O–H groups in total. The quantitative estimate of drug-likeness (QED) is 0.128. The lowest BCUT2D eigenvalue weighted by Crippen LogP contribution is -2.36. The van der Waals surface area contributed by atoms with E-state index in [2.05, 4.69) is 26.9 Å². The third-order valence-corrected chi connectivity index (χ3v) is 7.47. The van der Waals surface area contributed by atoms with Crippen molar-refractivity contribution in [1.29, 1.82) is 0 Å². The first-order valence-electron chi connectivity index (χ1n) is 15.7. The number of anilines is 2. The summed E-state index contributed by atoms with van der Waals surface area (Å²) in [5, 5.41) is 3.33. The molecule has 2 aromatic rings. The number of nitrogens with zero attached hydrogens (tertiary/aromatic N) is 3. The molecule has 1 aliphatic rings. The summed E-state index contributed by atoms with van der Waals surface area (Å²) < 4.78 is 52.5. The molecule has 1 unspecified atom stereocenters. The van der Waals surface area contributed by atoms with Gasteiger partial charge in [-0.3, -0.25) is 4.79 Å². The number of halogens is 3. The minimum absolute atomic E-state index is 0.240. The van der Waals surface area contributed by atoms with Gasteiger partial charge >= 0.3 is 18.3 Å². The Hall–Kier alpha value is -3.24. The van der Waals surface area contributed by atoms with E-state index >= 15 is 0 Å². The van der Waals surface area contributed by atoms with Crippen molar-refractivity contribution < 1.29 is 32.2 Å². The number of hydrogen-bond donors (Lipinski definition) is 1. The molecule has 0 aliphatic carbocycles. The van der Waals surface area contributed by atoms with Crippen LogP contribution in [0, 0.1) is 5.92 Å². The second-order valence-corrected chi connectivity index (χ2v) is 11.2. The smallest absolute Gasteiger partial charge is 0.466 e. The molecule has 1 aromatic heterocycles. The summed E-state index contributed by atoms with van der Waals surface area (Å²) in [6, 6.07) is 8.12. The molecule has 43 heavy (non-hydrogen) atoms. The van der Waals surface area contributed by atoms with Gasteiger partial charge < -0.3 is 24.4 Å². The maximum Gasteiger partial charge on any atom is 0.573 e. The summed E-state index contributed by atoms with van der Waals surface area (Å²) in [6.45, 7) is 6.82. The van der Waals surface area contributed by atoms with Crippen molar-refractivity contribution in [3.05, 3.63) is 35.9 Å². The molecular formula is C32H47F3N4O4. The average molecular weight is 609 g/mol. The summed E-state index contributed by atoms with van der Waals surface area (Å²) in [4.78, 5) is 22.7. The minimum atomic E-state index is -4.71. The first-order chi connectivity index (χ1) is 20.7. The van der Waals surface area contributed by atoms with Gasteiger partial charge in [-0.1, -0.05) is 64.0 Å². The predicted molar refractivity (Wildman–Crippen MR) is 162 cm³/mol. The lowest BCUT2D eigenvalue weighted by molar-refractivity contribution is -0.274. The van der Waals surface area contributed by atoms with Crippen molar-refractivity contribution in [3.63, 3.8) is 0 Å². The van der Waals surface area contributed by atoms with E-state index in [0.717, 1.165) is 56.6 Å². The van der Waals surface area contributed by atoms with Gasteiger partial charge in [0, 0.05) is 32.6 Å². The molecule has 11 heteroatoms. The van der Waals surface area contributed by atoms with Crippen LogP contribution in [0.1, 0.15) is 90.0 Å². The molecule has 1 atom stereocenters. The second kappa shape index (κ2) is 18.4. The number of benzene rings is 1. The van der Waals surface area contributed by atoms with Crippen molar-refractivity contribution in [2.45, 2.75) is 97.3 Å². The zero-order chi connectivity index (χ0) is 30.9. The largest absolute Gasteiger partial charge is 0.573 e. The first kappa shape index (κ1) is 34.3. The molecule has 0 amide bonds. The number of nitrogens with one attached hydrogen (secondary N) is 1. The summed E-state index contributed by atoms with van der Waals surface area (Å²) in [5.41, 5.74) is 0.870. The summed E-state index contributed by atoms with van der Waals surface area (Å²) in [6.07, 6.45) is 8.44. The molecule has 1 fully saturated rings. The van der Waals surface area contributed by atoms with Gasteiger partial charge in [-0.15, -0.1) is 13.2 Å². The van der Waals surface area contributed by atoms with Gasteiger partial charge in [-0.2, -0.15) is 9.97 Å². The normalized spacial score (nSPS) is 15.3. The van der Waals surface area contributed by atoms with Crippen LogP contribution < -0.4 is 19.7 Å². The Bertz CT molecular complexity index is 1090. The van der Waals surface area contributed by atoms with Crippen LogP contribution in [0.5, 0.6) is 11.8 Å². The Balaban J connectivity index is 1.58. The first-order valence-corrected chi connectivity index (χ1v) is 15.7. The summed E-state index contributed by atoms with van der Waals surface area (Å²) in [7, 11) is 0. The Morgan fingerprint density at radius 3 is 2.44 bits per heavy atom. The third-order valence-electron chi connectivity index (χ3n) is 7.47. The molecule has 240 valence electrons. The van der Waals surface area contributed by atoms with Gasteiger partial charge in [-0.05, 0) is 55.7 Å². The molecular weight excluding hydrogens is 561 g/mol. The van der Waals surface area contributed by atoms with Crippen molar-refractivity contribution >= 4 is 17.6 Å². The fraction of sp³-hybridized carbons (Fsp3) is 0.656. The van der Waals surface area contributed by atoms with Crippen molar-refractivity contribution in [2.75, 3.05) is 43.1 Å². The molecule has 3 rings (SSSR count). The monoisotopic (exact) mass is 608 g/mol. The number of piperidine rings is 1. The van der Waals surface area contributed by atoms with Crippen LogP contribution in [0.15, 0.2) is 30.3 Å². The maximum absolute atomic E-state index is 12.4. The highest BCUT2D eigenvalue weighted by Gasteiger charge is 2.31. The van der Waals surface area contributed by atoms with Gasteiger partial charge in [-0.25, -0.2) is 0 Å². The summed E-state index contributed by atoms with van der Waals surface area (Å²) in [5.74, 6) is 1.31. The minimum Gasteiger partial charge on any atom is -0.466 e. The van der Waals surface area contributed by atoms with Gasteiger partial charge in [0.05, 0.1) is 13.2 Å². The SMILES string of the molecule is CCCCCCCCCCOc1nc(NCCc2ccc(OC(F)(F)F)cc2)cc(N2CCCC(CCOC(C)=O)C2)n1. The number of carbonyl (C=O) groups excluding carboxylic acids is 1. The van der Waals surface area contributed by atoms with E-state index in [4.69, 9.17) is 14.5 Å². The number of ether oxygens (including phenoxy) is 3. The Morgan fingerprint density at radius 1 is 1.02 bits per heavy atom. The molecule has 0 bridgehead atoms. The number of aromatic nitrogens is 2. The van der Waals surface area contributed by atoms with Crippen molar-refractivity contribution in [1.82, 2.24) is 9.97 Å². The molecule has 0 saturated carbocycles. The molecule has 1 aliphatic heterocycles. The highest BCUT2D eigenvalue weighted by atomic mass is 19.4. The van der Waals surface area contributed by atoms with E-state index in [1.54, 1.807) is 12.1 Å². The third kappa shape index (κ3) is 14.2. The molecule has 0 radical (unpaired) electrons. The predicted octanol–water partition coefficient (Wildman–Crippen LogP) is 7.72. The topological polar surface area (TPSA) is 85.8 Å². The Kier molecular flexibility index (Phi) is 14.7. The maximum atomic E-state index is 12.4. The van der Waals surface area contributed by atoms with Crippen LogP contribution >= 0.6 is 0 Å². The van der Waals surface area contributed by atoms with Crippen molar-refractivity contribution in [3.8, 4) is 11.8 Å². The van der Waals surface area contributed by atoms with Gasteiger partial charge in [0.2, 0.25) is 0 Å². The zero-order valence-electron chi connectivity index (χ0n) is 25.6. The number of unbranched alkanes of at least 4 members (excludes halogenated alkanes) is 7. The number of rotatable bonds is 19. The van der Waals surface area contributed by atoms with E-state index < -0.39 is 6.36 Å². The zero-order valence-corrected chi connectivity index (χ0v) is 25.6. The molecule has 0 spiro atoms. The Labute approximate surface area is 253 Å². The lowest BCUT2D eigenvalue weighted by atomic mass is 9.95. The van der Waals surface area contributed by atoms with Gasteiger partial charge in [0.15, 0.2) is 0 Å². The highest BCUT2D eigenvalue weighted by molar-refractivity contribution is 5.65. The van der Waals surface area contributed by atoms with Crippen LogP contribution in [-0.2, 0) is 16.0 Å². The van der Waals surface area contributed by atoms with E-state index in [-0.39, 0.29) is 11.7 Å². The number of hydrogen-bond acceptors (Lipinski definition) is 8. The number of carbonyl (C=O) groups is 1. The Morgan fingerprint density at radius 2 is 1.74 bits per heavy atom. The van der Waals surface area contributed by atoms with Gasteiger partial charge in [0.1, 0.15) is 17.4 Å². The molecule has 1 aromatic carbocycles. The summed E-state index contributed by atoms with van der Waals surface area (Å²) >= 11 is 0. The van der Waals surface area contributed by atoms with E-state index in [1.165, 1.54) is 57.6 Å². The van der Waals surface area contributed by atoms with Crippen molar-refractivity contribution in [2.24, 2.45) is 5.92 Å². The van der Waals surface area contributed by atoms with Gasteiger partial charge in [0.25, 0.3) is 0 Å². The number of esters is 1. The van der Waals surface area contributed by atoms with Crippen LogP contribution in [0.25, 0.3) is 0 Å². The van der Waals surface area contributed by atoms with E-state index in [9.17, 15) is 18.0 Å². The average Bonchev–Trinajstić information content (AvgIpc) is 2.96. The van der Waals surface area contributed by atoms with E-state index in [1.807, 2.05) is 6.07 Å². The second-order valence-electron chi connectivity index (χ2n) is 11.2. The van der Waals surface area contributed by atoms with Crippen LogP contribution in [0.4, 0.5) is 24.8 Å². The van der Waals surface area contributed by atoms with Crippen LogP contribution in [0.3, 0.4) is 0 Å². The van der Waals surface area contributed by atoms with Crippen LogP contribution in [-0.4, -0.2) is 55.1 Å². The molecule has 8 nitrogen and oxygen atoms in total. The van der Waals surface area contributed by atoms with E-state index in [0.29, 0.717) is 43.9 Å².